The van der Waals surface area contributed by atoms with Gasteiger partial charge in [0, 0.05) is 63.2 Å². The molecule has 3 aromatic rings. The monoisotopic (exact) mass is 822 g/mol. The number of nitrogens with zero attached hydrogens (tertiary/aromatic N) is 3. The summed E-state index contributed by atoms with van der Waals surface area (Å²) < 4.78 is 67.3. The van der Waals surface area contributed by atoms with Crippen LogP contribution in [0.5, 0.6) is 0 Å². The molecular weight excluding hydrogens is 777 g/mol. The summed E-state index contributed by atoms with van der Waals surface area (Å²) >= 11 is 0. The summed E-state index contributed by atoms with van der Waals surface area (Å²) in [5, 5.41) is 28.6. The third-order valence-electron chi connectivity index (χ3n) is 9.20. The van der Waals surface area contributed by atoms with Gasteiger partial charge in [-0.15, -0.1) is 0 Å². The molecule has 318 valence electrons. The van der Waals surface area contributed by atoms with Gasteiger partial charge in [-0.05, 0) is 13.8 Å². The molecule has 0 radical (unpaired) electrons. The van der Waals surface area contributed by atoms with Gasteiger partial charge < -0.3 is 39.0 Å². The topological polar surface area (TPSA) is 309 Å². The van der Waals surface area contributed by atoms with Gasteiger partial charge in [-0.1, -0.05) is 0 Å². The molecule has 3 unspecified atom stereocenters. The van der Waals surface area contributed by atoms with Crippen molar-refractivity contribution in [1.82, 2.24) is 34.1 Å². The predicted octanol–water partition coefficient (Wildman–Crippen LogP) is -3.05. The summed E-state index contributed by atoms with van der Waals surface area (Å²) in [6.45, 7) is 3.30. The van der Waals surface area contributed by atoms with E-state index in [-0.39, 0.29) is 32.3 Å². The van der Waals surface area contributed by atoms with E-state index in [4.69, 9.17) is 34.6 Å². The molecule has 6 rings (SSSR count). The lowest BCUT2D eigenvalue weighted by Crippen LogP contribution is -2.42. The number of aromatic nitrogens is 6. The smallest absolute Gasteiger partial charge is 0.394 e. The number of halogens is 3. The summed E-state index contributed by atoms with van der Waals surface area (Å²) in [7, 11) is 2.89. The molecule has 3 saturated heterocycles. The number of nitrogens with two attached hydrogens (primary N) is 1. The maximum absolute atomic E-state index is 12.7. The van der Waals surface area contributed by atoms with Crippen molar-refractivity contribution in [3.63, 3.8) is 0 Å². The van der Waals surface area contributed by atoms with Gasteiger partial charge in [0.1, 0.15) is 36.5 Å². The lowest BCUT2D eigenvalue weighted by Gasteiger charge is -2.16. The van der Waals surface area contributed by atoms with Crippen LogP contribution >= 0.6 is 0 Å². The van der Waals surface area contributed by atoms with Crippen LogP contribution in [0.1, 0.15) is 54.6 Å². The Hall–Kier alpha value is -4.57. The van der Waals surface area contributed by atoms with Crippen molar-refractivity contribution in [2.75, 3.05) is 34.0 Å². The molecule has 25 heteroatoms. The zero-order chi connectivity index (χ0) is 42.4. The van der Waals surface area contributed by atoms with E-state index in [0.29, 0.717) is 34.7 Å². The van der Waals surface area contributed by atoms with Gasteiger partial charge in [0.2, 0.25) is 0 Å². The zero-order valence-corrected chi connectivity index (χ0v) is 31.1. The molecular formula is C32H45F3N8O14. The molecule has 3 aliphatic heterocycles. The first-order chi connectivity index (χ1) is 26.8. The SMILES string of the molecule is COC[C@H]1O[C@@H](n2cc(C(F)(F)F)c(=O)[nH]c2=O)CC1O.COC[C@H]1O[C@@H](n2cc(C)c(=O)[nH]c2=O)CC1O.Cc1cn([C@H]2C[C@@H](NN)C(CO)O2)c(=O)[nH]c1=O. The Kier molecular flexibility index (Phi) is 15.2. The Labute approximate surface area is 318 Å². The number of ether oxygens (including phenoxy) is 5. The van der Waals surface area contributed by atoms with Crippen LogP contribution in [0.3, 0.4) is 0 Å². The van der Waals surface area contributed by atoms with Crippen molar-refractivity contribution in [2.24, 2.45) is 5.84 Å². The molecule has 22 nitrogen and oxygen atoms in total. The van der Waals surface area contributed by atoms with Crippen LogP contribution < -0.4 is 45.0 Å². The Balaban J connectivity index is 0.000000190. The number of rotatable bonds is 9. The number of aryl methyl sites for hydroxylation is 2. The van der Waals surface area contributed by atoms with Gasteiger partial charge in [0.25, 0.3) is 16.7 Å². The van der Waals surface area contributed by atoms with Crippen molar-refractivity contribution in [3.05, 3.63) is 97.8 Å². The van der Waals surface area contributed by atoms with Gasteiger partial charge in [-0.2, -0.15) is 13.2 Å². The molecule has 57 heavy (non-hydrogen) atoms. The van der Waals surface area contributed by atoms with Crippen LogP contribution in [0.4, 0.5) is 13.2 Å². The number of hydrogen-bond acceptors (Lipinski definition) is 16. The van der Waals surface area contributed by atoms with E-state index >= 15 is 0 Å². The van der Waals surface area contributed by atoms with E-state index in [1.807, 2.05) is 0 Å². The number of methoxy groups -OCH3 is 2. The average Bonchev–Trinajstić information content (AvgIpc) is 3.84. The van der Waals surface area contributed by atoms with E-state index in [1.165, 1.54) is 35.7 Å². The molecule has 9 atom stereocenters. The highest BCUT2D eigenvalue weighted by molar-refractivity contribution is 5.09. The summed E-state index contributed by atoms with van der Waals surface area (Å²) in [5.41, 5.74) is -2.59. The van der Waals surface area contributed by atoms with Gasteiger partial charge in [0.15, 0.2) is 0 Å². The second-order valence-electron chi connectivity index (χ2n) is 13.3. The minimum atomic E-state index is -4.90. The second-order valence-corrected chi connectivity index (χ2v) is 13.3. The average molecular weight is 823 g/mol. The fourth-order valence-corrected chi connectivity index (χ4v) is 6.15. The van der Waals surface area contributed by atoms with Crippen molar-refractivity contribution >= 4 is 0 Å². The number of aromatic amines is 3. The normalized spacial score (nSPS) is 27.1. The molecule has 0 aliphatic carbocycles. The summed E-state index contributed by atoms with van der Waals surface area (Å²) in [5.74, 6) is 5.35. The van der Waals surface area contributed by atoms with Crippen LogP contribution in [0.25, 0.3) is 0 Å². The van der Waals surface area contributed by atoms with Gasteiger partial charge >= 0.3 is 23.2 Å². The van der Waals surface area contributed by atoms with Gasteiger partial charge in [0.05, 0.1) is 44.2 Å². The Morgan fingerprint density at radius 2 is 1.11 bits per heavy atom. The first kappa shape index (κ1) is 45.1. The fraction of sp³-hybridized carbons (Fsp3) is 0.625. The molecule has 3 aliphatic rings. The van der Waals surface area contributed by atoms with Gasteiger partial charge in [-0.25, -0.2) is 14.4 Å². The van der Waals surface area contributed by atoms with E-state index in [9.17, 15) is 52.2 Å². The van der Waals surface area contributed by atoms with E-state index in [2.05, 4.69) is 15.4 Å². The Morgan fingerprint density at radius 1 is 0.719 bits per heavy atom. The highest BCUT2D eigenvalue weighted by atomic mass is 19.4. The first-order valence-electron chi connectivity index (χ1n) is 17.3. The molecule has 0 saturated carbocycles. The van der Waals surface area contributed by atoms with Crippen LogP contribution in [0.2, 0.25) is 0 Å². The fourth-order valence-electron chi connectivity index (χ4n) is 6.15. The number of alkyl halides is 3. The molecule has 0 bridgehead atoms. The molecule has 9 N–H and O–H groups in total. The number of hydrogen-bond donors (Lipinski definition) is 8. The first-order valence-corrected chi connectivity index (χ1v) is 17.3. The zero-order valence-electron chi connectivity index (χ0n) is 31.1. The maximum Gasteiger partial charge on any atom is 0.423 e. The lowest BCUT2D eigenvalue weighted by atomic mass is 10.1. The molecule has 3 aromatic heterocycles. The van der Waals surface area contributed by atoms with E-state index in [1.54, 1.807) is 18.8 Å². The van der Waals surface area contributed by atoms with Crippen molar-refractivity contribution in [1.29, 1.82) is 0 Å². The largest absolute Gasteiger partial charge is 0.423 e. The van der Waals surface area contributed by atoms with Crippen LogP contribution in [0, 0.1) is 13.8 Å². The van der Waals surface area contributed by atoms with Crippen molar-refractivity contribution in [2.45, 2.75) is 94.5 Å². The number of aliphatic hydroxyl groups is 3. The van der Waals surface area contributed by atoms with Crippen LogP contribution in [-0.4, -0.2) is 115 Å². The number of aliphatic hydroxyl groups excluding tert-OH is 3. The Bertz CT molecular complexity index is 2170. The number of nitrogens with one attached hydrogen (secondary N) is 4. The summed E-state index contributed by atoms with van der Waals surface area (Å²) in [6, 6.07) is -0.237. The highest BCUT2D eigenvalue weighted by Crippen LogP contribution is 2.31. The third kappa shape index (κ3) is 10.9. The van der Waals surface area contributed by atoms with Crippen molar-refractivity contribution < 1.29 is 52.2 Å². The van der Waals surface area contributed by atoms with E-state index in [0.717, 1.165) is 0 Å². The number of H-pyrrole nitrogens is 3. The van der Waals surface area contributed by atoms with Crippen LogP contribution in [0.15, 0.2) is 47.4 Å². The highest BCUT2D eigenvalue weighted by Gasteiger charge is 2.40. The standard InChI is InChI=1S/C11H13F3N2O5.C11H16N2O5.C10H16N4O4/c1-20-4-7-6(17)2-8(21-7)16-3-5(11(12,13)14)9(18)15-10(16)19;1-6-4-13(11(16)12-10(6)15)9-3-7(14)8(18-9)5-17-2;1-5-3-14(10(17)12-9(5)16)8-2-6(13-11)7(4-15)18-8/h3,6-8,17H,2,4H2,1H3,(H,15,18,19);4,7-9,14H,3,5H2,1-2H3,(H,12,15,16);3,6-8,13,15H,2,4,11H2,1H3,(H,12,16,17)/t6?,7-,8-;7?,8-,9-;6-,7?,8-/m111/s1. The summed E-state index contributed by atoms with van der Waals surface area (Å²) in [6.07, 6.45) is -6.57. The molecule has 3 fully saturated rings. The molecule has 0 spiro atoms. The van der Waals surface area contributed by atoms with Crippen LogP contribution in [-0.2, 0) is 29.9 Å². The van der Waals surface area contributed by atoms with Crippen molar-refractivity contribution in [3.8, 4) is 0 Å². The van der Waals surface area contributed by atoms with E-state index < -0.39 is 94.7 Å². The minimum Gasteiger partial charge on any atom is -0.394 e. The molecule has 0 aromatic carbocycles. The predicted molar refractivity (Wildman–Crippen MR) is 188 cm³/mol. The lowest BCUT2D eigenvalue weighted by molar-refractivity contribution is -0.139. The molecule has 6 heterocycles. The maximum atomic E-state index is 12.7. The van der Waals surface area contributed by atoms with Gasteiger partial charge in [-0.3, -0.25) is 54.3 Å². The Morgan fingerprint density at radius 3 is 1.47 bits per heavy atom. The quantitative estimate of drug-likeness (QED) is 0.0785. The minimum absolute atomic E-state index is 0.0297. The number of hydrazine groups is 1. The second kappa shape index (κ2) is 19.2. The summed E-state index contributed by atoms with van der Waals surface area (Å²) in [4.78, 5) is 74.7. The third-order valence-corrected chi connectivity index (χ3v) is 9.20. The molecule has 0 amide bonds.